The maximum Gasteiger partial charge on any atom is 0.261 e. The molecule has 0 saturated heterocycles. The highest BCUT2D eigenvalue weighted by Crippen LogP contribution is 2.14. The van der Waals surface area contributed by atoms with Gasteiger partial charge in [-0.15, -0.1) is 0 Å². The third-order valence-corrected chi connectivity index (χ3v) is 4.81. The minimum atomic E-state index is -0.507. The molecule has 150 valence electrons. The van der Waals surface area contributed by atoms with Gasteiger partial charge in [0.2, 0.25) is 5.91 Å². The Morgan fingerprint density at radius 2 is 1.68 bits per heavy atom. The van der Waals surface area contributed by atoms with Crippen LogP contribution in [0.15, 0.2) is 54.6 Å². The fraction of sp³-hybridized carbons (Fsp3) is 0.391. The number of carbonyl (C=O) groups is 2. The molecule has 1 atom stereocenters. The van der Waals surface area contributed by atoms with E-state index in [1.54, 1.807) is 11.9 Å². The van der Waals surface area contributed by atoms with Crippen molar-refractivity contribution >= 4 is 11.8 Å². The number of amides is 2. The van der Waals surface area contributed by atoms with Crippen LogP contribution < -0.4 is 10.1 Å². The summed E-state index contributed by atoms with van der Waals surface area (Å²) >= 11 is 0. The number of nitrogens with one attached hydrogen (secondary N) is 1. The van der Waals surface area contributed by atoms with Crippen LogP contribution in [0.5, 0.6) is 5.75 Å². The number of nitrogens with zero attached hydrogens (tertiary/aromatic N) is 1. The lowest BCUT2D eigenvalue weighted by atomic mass is 10.1. The van der Waals surface area contributed by atoms with Gasteiger partial charge in [-0.25, -0.2) is 0 Å². The van der Waals surface area contributed by atoms with Gasteiger partial charge >= 0.3 is 0 Å². The Labute approximate surface area is 167 Å². The zero-order valence-corrected chi connectivity index (χ0v) is 17.0. The average molecular weight is 383 g/mol. The fourth-order valence-electron chi connectivity index (χ4n) is 3.11. The number of carbonyl (C=O) groups excluding carboxylic acids is 2. The molecule has 0 spiro atoms. The molecule has 0 bridgehead atoms. The van der Waals surface area contributed by atoms with Gasteiger partial charge in [0.1, 0.15) is 11.8 Å². The van der Waals surface area contributed by atoms with Gasteiger partial charge in [-0.3, -0.25) is 9.59 Å². The van der Waals surface area contributed by atoms with Crippen molar-refractivity contribution in [2.24, 2.45) is 0 Å². The Bertz CT molecular complexity index is 744. The smallest absolute Gasteiger partial charge is 0.261 e. The molecule has 0 aliphatic rings. The SMILES string of the molecule is CCc1ccc(OCC(=O)N(CCc2ccccc2)[C@H](CC)C(=O)NC)cc1. The first-order valence-electron chi connectivity index (χ1n) is 9.85. The van der Waals surface area contributed by atoms with Crippen molar-refractivity contribution in [1.82, 2.24) is 10.2 Å². The van der Waals surface area contributed by atoms with Crippen LogP contribution >= 0.6 is 0 Å². The lowest BCUT2D eigenvalue weighted by molar-refractivity contribution is -0.142. The standard InChI is InChI=1S/C23H30N2O3/c1-4-18-11-13-20(14-12-18)28-17-22(26)25(21(5-2)23(27)24-3)16-15-19-9-7-6-8-10-19/h6-14,21H,4-5,15-17H2,1-3H3,(H,24,27)/t21-/m1/s1. The quantitative estimate of drug-likeness (QED) is 0.686. The summed E-state index contributed by atoms with van der Waals surface area (Å²) in [6.07, 6.45) is 2.19. The van der Waals surface area contributed by atoms with Gasteiger partial charge < -0.3 is 15.0 Å². The fourth-order valence-corrected chi connectivity index (χ4v) is 3.11. The minimum absolute atomic E-state index is 0.0895. The maximum atomic E-state index is 12.9. The van der Waals surface area contributed by atoms with Crippen LogP contribution in [0.4, 0.5) is 0 Å². The lowest BCUT2D eigenvalue weighted by Crippen LogP contribution is -2.50. The highest BCUT2D eigenvalue weighted by Gasteiger charge is 2.27. The van der Waals surface area contributed by atoms with E-state index in [1.807, 2.05) is 61.5 Å². The predicted molar refractivity (Wildman–Crippen MR) is 111 cm³/mol. The molecule has 0 saturated carbocycles. The number of aryl methyl sites for hydroxylation is 1. The second-order valence-corrected chi connectivity index (χ2v) is 6.65. The van der Waals surface area contributed by atoms with Crippen molar-refractivity contribution in [2.45, 2.75) is 39.2 Å². The Hall–Kier alpha value is -2.82. The molecule has 2 aromatic rings. The Kier molecular flexibility index (Phi) is 8.53. The summed E-state index contributed by atoms with van der Waals surface area (Å²) in [7, 11) is 1.59. The van der Waals surface area contributed by atoms with Crippen LogP contribution in [0, 0.1) is 0 Å². The molecule has 28 heavy (non-hydrogen) atoms. The number of hydrogen-bond donors (Lipinski definition) is 1. The van der Waals surface area contributed by atoms with Gasteiger partial charge in [-0.05, 0) is 42.5 Å². The Morgan fingerprint density at radius 1 is 1.00 bits per heavy atom. The molecule has 0 radical (unpaired) electrons. The molecule has 0 aliphatic carbocycles. The molecule has 2 amide bonds. The second-order valence-electron chi connectivity index (χ2n) is 6.65. The maximum absolute atomic E-state index is 12.9. The van der Waals surface area contributed by atoms with E-state index in [0.717, 1.165) is 12.0 Å². The summed E-state index contributed by atoms with van der Waals surface area (Å²) < 4.78 is 5.69. The van der Waals surface area contributed by atoms with Crippen LogP contribution in [0.2, 0.25) is 0 Å². The molecule has 1 N–H and O–H groups in total. The number of likely N-dealkylation sites (N-methyl/N-ethyl adjacent to an activating group) is 1. The molecule has 0 fully saturated rings. The van der Waals surface area contributed by atoms with Crippen molar-refractivity contribution < 1.29 is 14.3 Å². The molecule has 2 rings (SSSR count). The summed E-state index contributed by atoms with van der Waals surface area (Å²) in [5.74, 6) is 0.309. The summed E-state index contributed by atoms with van der Waals surface area (Å²) in [5, 5.41) is 2.66. The minimum Gasteiger partial charge on any atom is -0.484 e. The predicted octanol–water partition coefficient (Wildman–Crippen LogP) is 3.22. The first-order chi connectivity index (χ1) is 13.6. The molecule has 5 nitrogen and oxygen atoms in total. The van der Waals surface area contributed by atoms with Crippen molar-refractivity contribution in [3.05, 3.63) is 65.7 Å². The molecule has 0 unspecified atom stereocenters. The highest BCUT2D eigenvalue weighted by molar-refractivity contribution is 5.88. The van der Waals surface area contributed by atoms with Gasteiger partial charge in [-0.2, -0.15) is 0 Å². The number of rotatable bonds is 10. The topological polar surface area (TPSA) is 58.6 Å². The monoisotopic (exact) mass is 382 g/mol. The Morgan fingerprint density at radius 3 is 2.25 bits per heavy atom. The van der Waals surface area contributed by atoms with E-state index in [1.165, 1.54) is 5.56 Å². The summed E-state index contributed by atoms with van der Waals surface area (Å²) in [6, 6.07) is 17.2. The number of hydrogen-bond acceptors (Lipinski definition) is 3. The van der Waals surface area contributed by atoms with E-state index >= 15 is 0 Å². The van der Waals surface area contributed by atoms with E-state index < -0.39 is 6.04 Å². The van der Waals surface area contributed by atoms with E-state index in [4.69, 9.17) is 4.74 Å². The van der Waals surface area contributed by atoms with Gasteiger partial charge in [-0.1, -0.05) is 56.3 Å². The molecule has 2 aromatic carbocycles. The molecule has 0 aliphatic heterocycles. The van der Waals surface area contributed by atoms with Crippen molar-refractivity contribution in [3.63, 3.8) is 0 Å². The Balaban J connectivity index is 2.06. The molecule has 0 heterocycles. The first-order valence-corrected chi connectivity index (χ1v) is 9.85. The van der Waals surface area contributed by atoms with Crippen LogP contribution in [0.3, 0.4) is 0 Å². The van der Waals surface area contributed by atoms with Gasteiger partial charge in [0, 0.05) is 13.6 Å². The van der Waals surface area contributed by atoms with E-state index in [0.29, 0.717) is 25.1 Å². The van der Waals surface area contributed by atoms with E-state index in [9.17, 15) is 9.59 Å². The van der Waals surface area contributed by atoms with Crippen molar-refractivity contribution in [2.75, 3.05) is 20.2 Å². The molecule has 0 aromatic heterocycles. The average Bonchev–Trinajstić information content (AvgIpc) is 2.75. The van der Waals surface area contributed by atoms with E-state index in [-0.39, 0.29) is 18.4 Å². The van der Waals surface area contributed by atoms with Crippen LogP contribution in [0.1, 0.15) is 31.4 Å². The van der Waals surface area contributed by atoms with Crippen LogP contribution in [0.25, 0.3) is 0 Å². The normalized spacial score (nSPS) is 11.5. The highest BCUT2D eigenvalue weighted by atomic mass is 16.5. The van der Waals surface area contributed by atoms with E-state index in [2.05, 4.69) is 12.2 Å². The zero-order chi connectivity index (χ0) is 20.4. The molecular formula is C23H30N2O3. The van der Waals surface area contributed by atoms with Crippen molar-refractivity contribution in [3.8, 4) is 5.75 Å². The van der Waals surface area contributed by atoms with Crippen molar-refractivity contribution in [1.29, 1.82) is 0 Å². The summed E-state index contributed by atoms with van der Waals surface area (Å²) in [4.78, 5) is 26.8. The third-order valence-electron chi connectivity index (χ3n) is 4.81. The third kappa shape index (κ3) is 6.12. The first kappa shape index (κ1) is 21.5. The number of benzene rings is 2. The number of ether oxygens (including phenoxy) is 1. The van der Waals surface area contributed by atoms with Gasteiger partial charge in [0.25, 0.3) is 5.91 Å². The zero-order valence-electron chi connectivity index (χ0n) is 17.0. The summed E-state index contributed by atoms with van der Waals surface area (Å²) in [6.45, 7) is 4.38. The van der Waals surface area contributed by atoms with Crippen LogP contribution in [-0.2, 0) is 22.4 Å². The van der Waals surface area contributed by atoms with Crippen LogP contribution in [-0.4, -0.2) is 43.0 Å². The molecular weight excluding hydrogens is 352 g/mol. The van der Waals surface area contributed by atoms with Gasteiger partial charge in [0.15, 0.2) is 6.61 Å². The lowest BCUT2D eigenvalue weighted by Gasteiger charge is -2.30. The largest absolute Gasteiger partial charge is 0.484 e. The second kappa shape index (κ2) is 11.1. The van der Waals surface area contributed by atoms with Gasteiger partial charge in [0.05, 0.1) is 0 Å². The summed E-state index contributed by atoms with van der Waals surface area (Å²) in [5.41, 5.74) is 2.34. The molecule has 5 heteroatoms.